The minimum atomic E-state index is -0.871. The third-order valence-electron chi connectivity index (χ3n) is 7.15. The summed E-state index contributed by atoms with van der Waals surface area (Å²) in [6, 6.07) is 18.0. The summed E-state index contributed by atoms with van der Waals surface area (Å²) in [7, 11) is 1.48. The molecule has 3 N–H and O–H groups in total. The van der Waals surface area contributed by atoms with Gasteiger partial charge in [0, 0.05) is 35.8 Å². The molecule has 2 aromatic heterocycles. The van der Waals surface area contributed by atoms with Crippen LogP contribution in [0.3, 0.4) is 0 Å². The normalized spacial score (nSPS) is 13.7. The van der Waals surface area contributed by atoms with E-state index < -0.39 is 29.0 Å². The lowest BCUT2D eigenvalue weighted by Crippen LogP contribution is -2.36. The number of rotatable bonds is 6. The van der Waals surface area contributed by atoms with Gasteiger partial charge in [0.25, 0.3) is 11.8 Å². The monoisotopic (exact) mass is 539 g/mol. The molecule has 40 heavy (non-hydrogen) atoms. The summed E-state index contributed by atoms with van der Waals surface area (Å²) in [5, 5.41) is 16.6. The highest BCUT2D eigenvalue weighted by Gasteiger charge is 2.47. The van der Waals surface area contributed by atoms with E-state index in [2.05, 4.69) is 15.6 Å². The number of aromatic nitrogens is 1. The molecule has 2 heterocycles. The third kappa shape index (κ3) is 4.35. The highest BCUT2D eigenvalue weighted by atomic mass is 19.1. The maximum atomic E-state index is 15.0. The highest BCUT2D eigenvalue weighted by Crippen LogP contribution is 2.45. The summed E-state index contributed by atoms with van der Waals surface area (Å²) < 4.78 is 34.4. The van der Waals surface area contributed by atoms with Crippen molar-refractivity contribution in [3.63, 3.8) is 0 Å². The SMILES string of the molecule is CNC(=O)c1c(-c2ccc(F)cc2)oc2ccc(-c3cc(C(=O)NC4(c5ccccn5)CC4)c(F)cc3O)cc12. The largest absolute Gasteiger partial charge is 0.507 e. The number of carbonyl (C=O) groups excluding carboxylic acids is 2. The molecule has 9 heteroatoms. The second-order valence-electron chi connectivity index (χ2n) is 9.70. The number of pyridine rings is 1. The first-order valence-corrected chi connectivity index (χ1v) is 12.6. The van der Waals surface area contributed by atoms with Gasteiger partial charge in [-0.2, -0.15) is 0 Å². The van der Waals surface area contributed by atoms with Gasteiger partial charge in [-0.15, -0.1) is 0 Å². The van der Waals surface area contributed by atoms with E-state index in [1.54, 1.807) is 30.5 Å². The lowest BCUT2D eigenvalue weighted by Gasteiger charge is -2.18. The fourth-order valence-corrected chi connectivity index (χ4v) is 4.89. The first kappa shape index (κ1) is 25.2. The molecule has 0 bridgehead atoms. The predicted octanol–water partition coefficient (Wildman–Crippen LogP) is 5.92. The van der Waals surface area contributed by atoms with E-state index in [0.29, 0.717) is 40.6 Å². The van der Waals surface area contributed by atoms with Gasteiger partial charge >= 0.3 is 0 Å². The molecule has 7 nitrogen and oxygen atoms in total. The number of phenols is 1. The van der Waals surface area contributed by atoms with E-state index >= 15 is 0 Å². The molecule has 0 aliphatic heterocycles. The Morgan fingerprint density at radius 2 is 1.70 bits per heavy atom. The van der Waals surface area contributed by atoms with Crippen LogP contribution in [0.1, 0.15) is 39.3 Å². The van der Waals surface area contributed by atoms with Gasteiger partial charge in [-0.05, 0) is 73.0 Å². The van der Waals surface area contributed by atoms with Crippen LogP contribution in [0.5, 0.6) is 5.75 Å². The number of nitrogens with one attached hydrogen (secondary N) is 2. The number of hydrogen-bond acceptors (Lipinski definition) is 5. The van der Waals surface area contributed by atoms with E-state index in [1.165, 1.54) is 37.4 Å². The van der Waals surface area contributed by atoms with Gasteiger partial charge in [0.05, 0.1) is 22.4 Å². The van der Waals surface area contributed by atoms with Gasteiger partial charge in [-0.1, -0.05) is 12.1 Å². The molecule has 0 spiro atoms. The Morgan fingerprint density at radius 3 is 2.38 bits per heavy atom. The number of fused-ring (bicyclic) bond motifs is 1. The van der Waals surface area contributed by atoms with Crippen molar-refractivity contribution < 1.29 is 27.9 Å². The van der Waals surface area contributed by atoms with Gasteiger partial charge in [-0.3, -0.25) is 14.6 Å². The van der Waals surface area contributed by atoms with Gasteiger partial charge in [-0.25, -0.2) is 8.78 Å². The van der Waals surface area contributed by atoms with E-state index in [4.69, 9.17) is 4.42 Å². The average molecular weight is 540 g/mol. The van der Waals surface area contributed by atoms with E-state index in [0.717, 1.165) is 6.07 Å². The first-order chi connectivity index (χ1) is 19.3. The van der Waals surface area contributed by atoms with Crippen LogP contribution in [0.2, 0.25) is 0 Å². The number of benzene rings is 3. The van der Waals surface area contributed by atoms with Gasteiger partial charge < -0.3 is 20.2 Å². The number of halogens is 2. The summed E-state index contributed by atoms with van der Waals surface area (Å²) in [6.07, 6.45) is 3.00. The zero-order chi connectivity index (χ0) is 28.0. The summed E-state index contributed by atoms with van der Waals surface area (Å²) in [5.41, 5.74) is 1.54. The third-order valence-corrected chi connectivity index (χ3v) is 7.15. The minimum absolute atomic E-state index is 0.198. The van der Waals surface area contributed by atoms with Gasteiger partial charge in [0.2, 0.25) is 0 Å². The zero-order valence-electron chi connectivity index (χ0n) is 21.3. The Balaban J connectivity index is 1.41. The van der Waals surface area contributed by atoms with Crippen molar-refractivity contribution in [3.05, 3.63) is 107 Å². The molecule has 1 aliphatic carbocycles. The predicted molar refractivity (Wildman–Crippen MR) is 145 cm³/mol. The number of carbonyl (C=O) groups is 2. The summed E-state index contributed by atoms with van der Waals surface area (Å²) in [6.45, 7) is 0. The number of hydrogen-bond donors (Lipinski definition) is 3. The first-order valence-electron chi connectivity index (χ1n) is 12.6. The molecule has 2 amide bonds. The van der Waals surface area contributed by atoms with Crippen LogP contribution in [-0.2, 0) is 5.54 Å². The van der Waals surface area contributed by atoms with Crippen LogP contribution in [0, 0.1) is 11.6 Å². The quantitative estimate of drug-likeness (QED) is 0.248. The van der Waals surface area contributed by atoms with Gasteiger partial charge in [0.1, 0.15) is 28.7 Å². The Labute approximate surface area is 227 Å². The lowest BCUT2D eigenvalue weighted by atomic mass is 9.97. The number of nitrogens with zero attached hydrogens (tertiary/aromatic N) is 1. The fraction of sp³-hybridized carbons (Fsp3) is 0.129. The molecule has 200 valence electrons. The molecule has 0 atom stereocenters. The molecule has 1 saturated carbocycles. The van der Waals surface area contributed by atoms with Crippen LogP contribution in [0.15, 0.2) is 83.4 Å². The summed E-state index contributed by atoms with van der Waals surface area (Å²) in [5.74, 6) is -2.48. The second kappa shape index (κ2) is 9.60. The standard InChI is InChI=1S/C31H23F2N3O4/c1-34-30(39)27-22-14-18(7-10-25(22)40-28(27)17-5-8-19(32)9-6-17)20-15-21(23(33)16-24(20)37)29(38)36-31(11-12-31)26-4-2-3-13-35-26/h2-10,13-16,37H,11-12H2,1H3,(H,34,39)(H,36,38). The molecule has 5 aromatic rings. The zero-order valence-corrected chi connectivity index (χ0v) is 21.3. The van der Waals surface area contributed by atoms with Crippen molar-refractivity contribution >= 4 is 22.8 Å². The Bertz CT molecular complexity index is 1780. The van der Waals surface area contributed by atoms with Crippen molar-refractivity contribution in [2.24, 2.45) is 0 Å². The maximum Gasteiger partial charge on any atom is 0.255 e. The molecule has 6 rings (SSSR count). The van der Waals surface area contributed by atoms with Crippen molar-refractivity contribution in [1.82, 2.24) is 15.6 Å². The minimum Gasteiger partial charge on any atom is -0.507 e. The lowest BCUT2D eigenvalue weighted by molar-refractivity contribution is 0.0924. The summed E-state index contributed by atoms with van der Waals surface area (Å²) >= 11 is 0. The number of furan rings is 1. The molecular formula is C31H23F2N3O4. The average Bonchev–Trinajstić information content (AvgIpc) is 3.64. The van der Waals surface area contributed by atoms with Crippen LogP contribution >= 0.6 is 0 Å². The maximum absolute atomic E-state index is 15.0. The second-order valence-corrected chi connectivity index (χ2v) is 9.70. The van der Waals surface area contributed by atoms with Crippen molar-refractivity contribution in [3.8, 4) is 28.2 Å². The molecule has 1 fully saturated rings. The molecule has 1 aliphatic rings. The van der Waals surface area contributed by atoms with Crippen molar-refractivity contribution in [1.29, 1.82) is 0 Å². The van der Waals surface area contributed by atoms with E-state index in [9.17, 15) is 23.5 Å². The van der Waals surface area contributed by atoms with Crippen LogP contribution in [-0.4, -0.2) is 29.0 Å². The van der Waals surface area contributed by atoms with Crippen LogP contribution < -0.4 is 10.6 Å². The van der Waals surface area contributed by atoms with Crippen molar-refractivity contribution in [2.45, 2.75) is 18.4 Å². The Hall–Kier alpha value is -5.05. The fourth-order valence-electron chi connectivity index (χ4n) is 4.89. The highest BCUT2D eigenvalue weighted by molar-refractivity contribution is 6.12. The smallest absolute Gasteiger partial charge is 0.255 e. The summed E-state index contributed by atoms with van der Waals surface area (Å²) in [4.78, 5) is 30.5. The molecule has 0 saturated heterocycles. The van der Waals surface area contributed by atoms with E-state index in [-0.39, 0.29) is 28.2 Å². The number of amides is 2. The Kier molecular flexibility index (Phi) is 6.06. The molecule has 0 radical (unpaired) electrons. The molecule has 3 aromatic carbocycles. The Morgan fingerprint density at radius 1 is 0.950 bits per heavy atom. The van der Waals surface area contributed by atoms with Crippen molar-refractivity contribution in [2.75, 3.05) is 7.05 Å². The number of aromatic hydroxyl groups is 1. The molecule has 0 unspecified atom stereocenters. The van der Waals surface area contributed by atoms with Crippen LogP contribution in [0.4, 0.5) is 8.78 Å². The van der Waals surface area contributed by atoms with Crippen LogP contribution in [0.25, 0.3) is 33.4 Å². The number of phenolic OH excluding ortho intramolecular Hbond substituents is 1. The van der Waals surface area contributed by atoms with E-state index in [1.807, 2.05) is 12.1 Å². The van der Waals surface area contributed by atoms with Gasteiger partial charge in [0.15, 0.2) is 0 Å². The molecular weight excluding hydrogens is 516 g/mol. The topological polar surface area (TPSA) is 104 Å².